The molecule has 0 unspecified atom stereocenters. The van der Waals surface area contributed by atoms with E-state index in [0.717, 1.165) is 0 Å². The van der Waals surface area contributed by atoms with Crippen LogP contribution in [0.15, 0.2) is 29.4 Å². The van der Waals surface area contributed by atoms with Gasteiger partial charge in [-0.05, 0) is 23.1 Å². The van der Waals surface area contributed by atoms with E-state index in [9.17, 15) is 0 Å². The second-order valence-electron chi connectivity index (χ2n) is 4.65. The highest BCUT2D eigenvalue weighted by Gasteiger charge is 2.12. The third-order valence-corrected chi connectivity index (χ3v) is 2.24. The summed E-state index contributed by atoms with van der Waals surface area (Å²) in [4.78, 5) is 0. The Morgan fingerprint density at radius 1 is 1.31 bits per heavy atom. The molecule has 0 amide bonds. The molecule has 0 heterocycles. The van der Waals surface area contributed by atoms with Crippen LogP contribution in [0.5, 0.6) is 5.75 Å². The zero-order chi connectivity index (χ0) is 12.2. The molecule has 0 saturated carbocycles. The van der Waals surface area contributed by atoms with Gasteiger partial charge in [0.25, 0.3) is 0 Å². The van der Waals surface area contributed by atoms with Crippen molar-refractivity contribution >= 4 is 5.84 Å². The second-order valence-corrected chi connectivity index (χ2v) is 4.65. The molecule has 0 fully saturated rings. The Kier molecular flexibility index (Phi) is 3.77. The Morgan fingerprint density at radius 3 is 2.31 bits per heavy atom. The molecule has 0 aliphatic heterocycles. The summed E-state index contributed by atoms with van der Waals surface area (Å²) in [7, 11) is 0. The van der Waals surface area contributed by atoms with Crippen molar-refractivity contribution in [1.29, 1.82) is 0 Å². The number of nitrogens with two attached hydrogens (primary N) is 1. The highest BCUT2D eigenvalue weighted by atomic mass is 16.5. The molecule has 0 aromatic heterocycles. The Balaban J connectivity index is 2.65. The average Bonchev–Trinajstić information content (AvgIpc) is 2.25. The summed E-state index contributed by atoms with van der Waals surface area (Å²) in [6.45, 7) is 6.54. The maximum atomic E-state index is 8.35. The topological polar surface area (TPSA) is 67.8 Å². The monoisotopic (exact) mass is 222 g/mol. The first-order valence-corrected chi connectivity index (χ1v) is 5.13. The standard InChI is InChI=1S/C12H18N2O2/c1-12(2,3)9-4-6-10(7-5-9)16-8-11(13)14-15/h4-7,15H,8H2,1-3H3,(H2,13,14). The third kappa shape index (κ3) is 3.46. The summed E-state index contributed by atoms with van der Waals surface area (Å²) in [5, 5.41) is 11.2. The van der Waals surface area contributed by atoms with Gasteiger partial charge in [-0.3, -0.25) is 0 Å². The summed E-state index contributed by atoms with van der Waals surface area (Å²) in [6.07, 6.45) is 0. The van der Waals surface area contributed by atoms with Gasteiger partial charge in [-0.2, -0.15) is 0 Å². The van der Waals surface area contributed by atoms with Crippen LogP contribution in [-0.2, 0) is 5.41 Å². The second kappa shape index (κ2) is 4.88. The number of benzene rings is 1. The van der Waals surface area contributed by atoms with Gasteiger partial charge in [0, 0.05) is 0 Å². The molecular formula is C12H18N2O2. The van der Waals surface area contributed by atoms with Gasteiger partial charge in [-0.1, -0.05) is 38.1 Å². The minimum absolute atomic E-state index is 0.0555. The lowest BCUT2D eigenvalue weighted by Gasteiger charge is -2.19. The Bertz CT molecular complexity index is 364. The molecule has 0 atom stereocenters. The van der Waals surface area contributed by atoms with Gasteiger partial charge in [0.15, 0.2) is 5.84 Å². The molecule has 0 aliphatic carbocycles. The first-order valence-electron chi connectivity index (χ1n) is 5.13. The number of hydrogen-bond acceptors (Lipinski definition) is 3. The maximum absolute atomic E-state index is 8.35. The maximum Gasteiger partial charge on any atom is 0.177 e. The molecule has 88 valence electrons. The third-order valence-electron chi connectivity index (χ3n) is 2.24. The Labute approximate surface area is 95.7 Å². The molecule has 1 aromatic carbocycles. The molecule has 4 nitrogen and oxygen atoms in total. The summed E-state index contributed by atoms with van der Waals surface area (Å²) < 4.78 is 5.31. The lowest BCUT2D eigenvalue weighted by atomic mass is 9.87. The van der Waals surface area contributed by atoms with Crippen molar-refractivity contribution in [3.8, 4) is 5.75 Å². The van der Waals surface area contributed by atoms with Gasteiger partial charge in [0.2, 0.25) is 0 Å². The summed E-state index contributed by atoms with van der Waals surface area (Å²) in [5.74, 6) is 0.763. The highest BCUT2D eigenvalue weighted by molar-refractivity contribution is 5.81. The van der Waals surface area contributed by atoms with Crippen LogP contribution >= 0.6 is 0 Å². The largest absolute Gasteiger partial charge is 0.486 e. The predicted molar refractivity (Wildman–Crippen MR) is 64.0 cm³/mol. The van der Waals surface area contributed by atoms with Gasteiger partial charge in [0.1, 0.15) is 12.4 Å². The van der Waals surface area contributed by atoms with Gasteiger partial charge in [-0.15, -0.1) is 0 Å². The van der Waals surface area contributed by atoms with Crippen molar-refractivity contribution in [2.45, 2.75) is 26.2 Å². The molecular weight excluding hydrogens is 204 g/mol. The SMILES string of the molecule is CC(C)(C)c1ccc(OC/C(N)=N/O)cc1. The molecule has 3 N–H and O–H groups in total. The first kappa shape index (κ1) is 12.4. The van der Waals surface area contributed by atoms with Crippen molar-refractivity contribution in [2.75, 3.05) is 6.61 Å². The number of rotatable bonds is 3. The van der Waals surface area contributed by atoms with Crippen LogP contribution < -0.4 is 10.5 Å². The number of ether oxygens (including phenoxy) is 1. The van der Waals surface area contributed by atoms with Crippen LogP contribution in [-0.4, -0.2) is 17.6 Å². The number of nitrogens with zero attached hydrogens (tertiary/aromatic N) is 1. The van der Waals surface area contributed by atoms with E-state index in [4.69, 9.17) is 15.7 Å². The molecule has 0 bridgehead atoms. The minimum atomic E-state index is 0.0555. The molecule has 16 heavy (non-hydrogen) atoms. The van der Waals surface area contributed by atoms with E-state index in [1.165, 1.54) is 5.56 Å². The lowest BCUT2D eigenvalue weighted by molar-refractivity contribution is 0.306. The van der Waals surface area contributed by atoms with Gasteiger partial charge in [-0.25, -0.2) is 0 Å². The van der Waals surface area contributed by atoms with Crippen LogP contribution in [0.25, 0.3) is 0 Å². The van der Waals surface area contributed by atoms with Crippen molar-refractivity contribution < 1.29 is 9.94 Å². The highest BCUT2D eigenvalue weighted by Crippen LogP contribution is 2.24. The number of amidine groups is 1. The Morgan fingerprint density at radius 2 is 1.88 bits per heavy atom. The fourth-order valence-corrected chi connectivity index (χ4v) is 1.24. The van der Waals surface area contributed by atoms with E-state index in [1.807, 2.05) is 24.3 Å². The van der Waals surface area contributed by atoms with Crippen molar-refractivity contribution in [3.63, 3.8) is 0 Å². The lowest BCUT2D eigenvalue weighted by Crippen LogP contribution is -2.20. The smallest absolute Gasteiger partial charge is 0.177 e. The normalized spacial score (nSPS) is 12.6. The molecule has 1 aromatic rings. The van der Waals surface area contributed by atoms with E-state index >= 15 is 0 Å². The van der Waals surface area contributed by atoms with Crippen LogP contribution in [0.4, 0.5) is 0 Å². The van der Waals surface area contributed by atoms with Crippen LogP contribution in [0.3, 0.4) is 0 Å². The summed E-state index contributed by atoms with van der Waals surface area (Å²) in [5.41, 5.74) is 6.66. The zero-order valence-electron chi connectivity index (χ0n) is 9.90. The van der Waals surface area contributed by atoms with E-state index < -0.39 is 0 Å². The average molecular weight is 222 g/mol. The van der Waals surface area contributed by atoms with Crippen molar-refractivity contribution in [2.24, 2.45) is 10.9 Å². The van der Waals surface area contributed by atoms with Crippen LogP contribution in [0, 0.1) is 0 Å². The van der Waals surface area contributed by atoms with Gasteiger partial charge in [0.05, 0.1) is 0 Å². The summed E-state index contributed by atoms with van der Waals surface area (Å²) >= 11 is 0. The first-order chi connectivity index (χ1) is 7.43. The molecule has 0 spiro atoms. The van der Waals surface area contributed by atoms with E-state index in [1.54, 1.807) is 0 Å². The van der Waals surface area contributed by atoms with Crippen molar-refractivity contribution in [3.05, 3.63) is 29.8 Å². The predicted octanol–water partition coefficient (Wildman–Crippen LogP) is 2.11. The summed E-state index contributed by atoms with van der Waals surface area (Å²) in [6, 6.07) is 7.79. The molecule has 0 radical (unpaired) electrons. The van der Waals surface area contributed by atoms with E-state index in [0.29, 0.717) is 5.75 Å². The van der Waals surface area contributed by atoms with Gasteiger partial charge >= 0.3 is 0 Å². The van der Waals surface area contributed by atoms with Crippen LogP contribution in [0.1, 0.15) is 26.3 Å². The quantitative estimate of drug-likeness (QED) is 0.356. The zero-order valence-corrected chi connectivity index (χ0v) is 9.90. The van der Waals surface area contributed by atoms with Crippen molar-refractivity contribution in [1.82, 2.24) is 0 Å². The fraction of sp³-hybridized carbons (Fsp3) is 0.417. The number of oxime groups is 1. The molecule has 1 rings (SSSR count). The van der Waals surface area contributed by atoms with E-state index in [-0.39, 0.29) is 17.9 Å². The molecule has 0 saturated heterocycles. The van der Waals surface area contributed by atoms with Crippen LogP contribution in [0.2, 0.25) is 0 Å². The molecule has 4 heteroatoms. The fourth-order valence-electron chi connectivity index (χ4n) is 1.24. The number of hydrogen-bond donors (Lipinski definition) is 2. The Hall–Kier alpha value is -1.71. The molecule has 0 aliphatic rings. The minimum Gasteiger partial charge on any atom is -0.486 e. The van der Waals surface area contributed by atoms with E-state index in [2.05, 4.69) is 25.9 Å². The van der Waals surface area contributed by atoms with Gasteiger partial charge < -0.3 is 15.7 Å².